The van der Waals surface area contributed by atoms with Crippen LogP contribution in [0.25, 0.3) is 11.1 Å². The van der Waals surface area contributed by atoms with E-state index in [1.807, 2.05) is 78.9 Å². The summed E-state index contributed by atoms with van der Waals surface area (Å²) in [5.74, 6) is 0.668. The Morgan fingerprint density at radius 2 is 1.73 bits per heavy atom. The first-order valence-electron chi connectivity index (χ1n) is 9.40. The third-order valence-corrected chi connectivity index (χ3v) is 6.11. The first-order chi connectivity index (χ1) is 14.8. The molecule has 0 bridgehead atoms. The summed E-state index contributed by atoms with van der Waals surface area (Å²) < 4.78 is 6.76. The van der Waals surface area contributed by atoms with Gasteiger partial charge in [0.2, 0.25) is 5.91 Å². The van der Waals surface area contributed by atoms with Crippen LogP contribution >= 0.6 is 23.1 Å². The van der Waals surface area contributed by atoms with E-state index in [1.54, 1.807) is 5.51 Å². The Kier molecular flexibility index (Phi) is 6.74. The number of rotatable bonds is 8. The van der Waals surface area contributed by atoms with Crippen molar-refractivity contribution in [3.05, 3.63) is 84.4 Å². The fourth-order valence-electron chi connectivity index (χ4n) is 2.88. The Balaban J connectivity index is 1.36. The number of carbonyl (C=O) groups is 1. The Morgan fingerprint density at radius 1 is 0.967 bits per heavy atom. The van der Waals surface area contributed by atoms with E-state index >= 15 is 0 Å². The van der Waals surface area contributed by atoms with Gasteiger partial charge in [-0.05, 0) is 23.8 Å². The average Bonchev–Trinajstić information content (AvgIpc) is 3.29. The summed E-state index contributed by atoms with van der Waals surface area (Å²) in [4.78, 5) is 13.4. The van der Waals surface area contributed by atoms with E-state index in [9.17, 15) is 4.79 Å². The van der Waals surface area contributed by atoms with Crippen LogP contribution < -0.4 is 10.1 Å². The summed E-state index contributed by atoms with van der Waals surface area (Å²) in [6.45, 7) is 0.293. The summed E-state index contributed by atoms with van der Waals surface area (Å²) in [5.41, 5.74) is 4.54. The van der Waals surface area contributed by atoms with Gasteiger partial charge < -0.3 is 10.1 Å². The number of hydrogen-bond acceptors (Lipinski definition) is 6. The van der Waals surface area contributed by atoms with E-state index < -0.39 is 0 Å². The molecule has 0 aliphatic rings. The standard InChI is InChI=1S/C23H19N3O2S2/c27-22(25-19-11-5-7-13-21(19)30-23-26-24-16-29-23)14-15-28-20-12-6-4-10-18(20)17-8-2-1-3-9-17/h1-13,16H,14-15H2,(H,25,27). The van der Waals surface area contributed by atoms with Gasteiger partial charge >= 0.3 is 0 Å². The summed E-state index contributed by atoms with van der Waals surface area (Å²) >= 11 is 2.95. The van der Waals surface area contributed by atoms with Gasteiger partial charge in [-0.25, -0.2) is 0 Å². The van der Waals surface area contributed by atoms with Crippen LogP contribution in [0.2, 0.25) is 0 Å². The molecule has 0 aliphatic carbocycles. The minimum atomic E-state index is -0.0995. The maximum atomic E-state index is 12.5. The molecule has 1 amide bonds. The molecule has 1 aromatic heterocycles. The lowest BCUT2D eigenvalue weighted by atomic mass is 10.1. The van der Waals surface area contributed by atoms with Crippen LogP contribution in [0.4, 0.5) is 5.69 Å². The van der Waals surface area contributed by atoms with Gasteiger partial charge in [0.25, 0.3) is 0 Å². The molecular formula is C23H19N3O2S2. The maximum absolute atomic E-state index is 12.5. The normalized spacial score (nSPS) is 10.5. The Labute approximate surface area is 183 Å². The van der Waals surface area contributed by atoms with Gasteiger partial charge in [0, 0.05) is 10.5 Å². The fraction of sp³-hybridized carbons (Fsp3) is 0.0870. The number of hydrogen-bond donors (Lipinski definition) is 1. The van der Waals surface area contributed by atoms with E-state index in [2.05, 4.69) is 15.5 Å². The molecule has 1 N–H and O–H groups in total. The van der Waals surface area contributed by atoms with Gasteiger partial charge in [-0.3, -0.25) is 4.79 Å². The average molecular weight is 434 g/mol. The molecule has 4 rings (SSSR count). The lowest BCUT2D eigenvalue weighted by molar-refractivity contribution is -0.116. The highest BCUT2D eigenvalue weighted by molar-refractivity contribution is 8.01. The zero-order chi connectivity index (χ0) is 20.6. The van der Waals surface area contributed by atoms with Crippen molar-refractivity contribution in [1.29, 1.82) is 0 Å². The summed E-state index contributed by atoms with van der Waals surface area (Å²) in [6.07, 6.45) is 0.251. The number of para-hydroxylation sites is 2. The van der Waals surface area contributed by atoms with Crippen LogP contribution in [-0.4, -0.2) is 22.7 Å². The largest absolute Gasteiger partial charge is 0.492 e. The minimum Gasteiger partial charge on any atom is -0.492 e. The van der Waals surface area contributed by atoms with Crippen molar-refractivity contribution >= 4 is 34.7 Å². The van der Waals surface area contributed by atoms with Crippen molar-refractivity contribution in [1.82, 2.24) is 10.2 Å². The Hall–Kier alpha value is -3.16. The first kappa shape index (κ1) is 20.1. The summed E-state index contributed by atoms with van der Waals surface area (Å²) in [5, 5.41) is 10.9. The van der Waals surface area contributed by atoms with Gasteiger partial charge in [-0.1, -0.05) is 83.8 Å². The predicted octanol–water partition coefficient (Wildman–Crippen LogP) is 5.76. The molecule has 4 aromatic rings. The third kappa shape index (κ3) is 5.25. The number of nitrogens with one attached hydrogen (secondary N) is 1. The molecule has 0 fully saturated rings. The van der Waals surface area contributed by atoms with Gasteiger partial charge in [0.15, 0.2) is 4.34 Å². The molecule has 30 heavy (non-hydrogen) atoms. The smallest absolute Gasteiger partial charge is 0.227 e. The molecule has 0 saturated heterocycles. The van der Waals surface area contributed by atoms with Crippen molar-refractivity contribution in [2.75, 3.05) is 11.9 Å². The zero-order valence-corrected chi connectivity index (χ0v) is 17.7. The number of nitrogens with zero attached hydrogens (tertiary/aromatic N) is 2. The summed E-state index contributed by atoms with van der Waals surface area (Å²) in [6, 6.07) is 25.6. The molecule has 0 radical (unpaired) electrons. The molecular weight excluding hydrogens is 414 g/mol. The second kappa shape index (κ2) is 10.0. The highest BCUT2D eigenvalue weighted by Crippen LogP contribution is 2.34. The van der Waals surface area contributed by atoms with E-state index in [-0.39, 0.29) is 12.3 Å². The lowest BCUT2D eigenvalue weighted by Gasteiger charge is -2.12. The van der Waals surface area contributed by atoms with Gasteiger partial charge in [-0.15, -0.1) is 10.2 Å². The van der Waals surface area contributed by atoms with Gasteiger partial charge in [0.1, 0.15) is 11.3 Å². The molecule has 0 saturated carbocycles. The maximum Gasteiger partial charge on any atom is 0.227 e. The second-order valence-electron chi connectivity index (χ2n) is 6.31. The highest BCUT2D eigenvalue weighted by atomic mass is 32.2. The van der Waals surface area contributed by atoms with E-state index in [0.717, 1.165) is 31.8 Å². The molecule has 0 unspecified atom stereocenters. The monoisotopic (exact) mass is 433 g/mol. The SMILES string of the molecule is O=C(CCOc1ccccc1-c1ccccc1)Nc1ccccc1Sc1nncs1. The van der Waals surface area contributed by atoms with Crippen LogP contribution in [0.15, 0.2) is 93.6 Å². The van der Waals surface area contributed by atoms with Crippen molar-refractivity contribution in [3.8, 4) is 16.9 Å². The number of benzene rings is 3. The molecule has 0 spiro atoms. The topological polar surface area (TPSA) is 64.1 Å². The highest BCUT2D eigenvalue weighted by Gasteiger charge is 2.11. The fourth-order valence-corrected chi connectivity index (χ4v) is 4.40. The number of anilines is 1. The first-order valence-corrected chi connectivity index (χ1v) is 11.1. The summed E-state index contributed by atoms with van der Waals surface area (Å²) in [7, 11) is 0. The molecule has 150 valence electrons. The van der Waals surface area contributed by atoms with E-state index in [0.29, 0.717) is 6.61 Å². The third-order valence-electron chi connectivity index (χ3n) is 4.26. The molecule has 5 nitrogen and oxygen atoms in total. The minimum absolute atomic E-state index is 0.0995. The van der Waals surface area contributed by atoms with Gasteiger partial charge in [0.05, 0.1) is 18.7 Å². The molecule has 1 heterocycles. The van der Waals surface area contributed by atoms with Crippen molar-refractivity contribution < 1.29 is 9.53 Å². The van der Waals surface area contributed by atoms with Crippen LogP contribution in [-0.2, 0) is 4.79 Å². The van der Waals surface area contributed by atoms with E-state index in [1.165, 1.54) is 23.1 Å². The predicted molar refractivity (Wildman–Crippen MR) is 121 cm³/mol. The van der Waals surface area contributed by atoms with Crippen LogP contribution in [0.3, 0.4) is 0 Å². The van der Waals surface area contributed by atoms with Crippen LogP contribution in [0.5, 0.6) is 5.75 Å². The van der Waals surface area contributed by atoms with Crippen molar-refractivity contribution in [2.24, 2.45) is 0 Å². The number of ether oxygens (including phenoxy) is 1. The Morgan fingerprint density at radius 3 is 2.57 bits per heavy atom. The van der Waals surface area contributed by atoms with Crippen molar-refractivity contribution in [3.63, 3.8) is 0 Å². The number of amides is 1. The molecule has 7 heteroatoms. The Bertz CT molecular complexity index is 1100. The quantitative estimate of drug-likeness (QED) is 0.382. The zero-order valence-electron chi connectivity index (χ0n) is 16.0. The van der Waals surface area contributed by atoms with Crippen LogP contribution in [0.1, 0.15) is 6.42 Å². The van der Waals surface area contributed by atoms with Crippen molar-refractivity contribution in [2.45, 2.75) is 15.7 Å². The lowest BCUT2D eigenvalue weighted by Crippen LogP contribution is -2.15. The van der Waals surface area contributed by atoms with Crippen LogP contribution in [0, 0.1) is 0 Å². The van der Waals surface area contributed by atoms with E-state index in [4.69, 9.17) is 4.74 Å². The number of aromatic nitrogens is 2. The number of carbonyl (C=O) groups excluding carboxylic acids is 1. The molecule has 0 atom stereocenters. The molecule has 0 aliphatic heterocycles. The molecule has 3 aromatic carbocycles. The van der Waals surface area contributed by atoms with Gasteiger partial charge in [-0.2, -0.15) is 0 Å². The second-order valence-corrected chi connectivity index (χ2v) is 8.43.